The van der Waals surface area contributed by atoms with Crippen LogP contribution in [0, 0.1) is 17.0 Å². The molecule has 0 heterocycles. The number of esters is 1. The third kappa shape index (κ3) is 3.91. The number of benzene rings is 1. The van der Waals surface area contributed by atoms with Gasteiger partial charge in [0.25, 0.3) is 11.6 Å². The van der Waals surface area contributed by atoms with Gasteiger partial charge >= 0.3 is 5.97 Å². The number of carbonyl (C=O) groups excluding carboxylic acids is 2. The summed E-state index contributed by atoms with van der Waals surface area (Å²) in [6.07, 6.45) is 1.48. The largest absolute Gasteiger partial charge is 0.452 e. The normalized spacial score (nSPS) is 9.65. The van der Waals surface area contributed by atoms with Gasteiger partial charge in [-0.3, -0.25) is 14.9 Å². The molecule has 0 fully saturated rings. The maximum absolute atomic E-state index is 11.8. The number of ether oxygens (including phenoxy) is 1. The molecule has 0 saturated carbocycles. The van der Waals surface area contributed by atoms with Gasteiger partial charge in [0.1, 0.15) is 5.56 Å². The van der Waals surface area contributed by atoms with Gasteiger partial charge in [-0.05, 0) is 13.0 Å². The summed E-state index contributed by atoms with van der Waals surface area (Å²) in [6.45, 7) is 4.69. The zero-order valence-electron chi connectivity index (χ0n) is 10.9. The standard InChI is InChI=1S/C13H14N2O5/c1-3-7-14-11(16)8-20-13(17)10-6-4-5-9(2)12(10)15(18)19/h3-6H,1,7-8H2,2H3,(H,14,16). The third-order valence-corrected chi connectivity index (χ3v) is 2.42. The highest BCUT2D eigenvalue weighted by atomic mass is 16.6. The van der Waals surface area contributed by atoms with Crippen LogP contribution in [0.3, 0.4) is 0 Å². The summed E-state index contributed by atoms with van der Waals surface area (Å²) >= 11 is 0. The van der Waals surface area contributed by atoms with Crippen molar-refractivity contribution >= 4 is 17.6 Å². The average Bonchev–Trinajstić information content (AvgIpc) is 2.41. The van der Waals surface area contributed by atoms with Crippen molar-refractivity contribution in [3.63, 3.8) is 0 Å². The number of hydrogen-bond donors (Lipinski definition) is 1. The van der Waals surface area contributed by atoms with E-state index >= 15 is 0 Å². The first-order chi connectivity index (χ1) is 9.47. The minimum Gasteiger partial charge on any atom is -0.452 e. The summed E-state index contributed by atoms with van der Waals surface area (Å²) in [6, 6.07) is 4.32. The van der Waals surface area contributed by atoms with Crippen LogP contribution in [0.25, 0.3) is 0 Å². The van der Waals surface area contributed by atoms with Gasteiger partial charge in [-0.15, -0.1) is 6.58 Å². The SMILES string of the molecule is C=CCNC(=O)COC(=O)c1cccc(C)c1[N+](=O)[O-]. The lowest BCUT2D eigenvalue weighted by atomic mass is 10.1. The summed E-state index contributed by atoms with van der Waals surface area (Å²) in [4.78, 5) is 33.3. The fraction of sp³-hybridized carbons (Fsp3) is 0.231. The highest BCUT2D eigenvalue weighted by Gasteiger charge is 2.23. The van der Waals surface area contributed by atoms with Crippen LogP contribution in [0.15, 0.2) is 30.9 Å². The molecule has 0 radical (unpaired) electrons. The molecule has 20 heavy (non-hydrogen) atoms. The van der Waals surface area contributed by atoms with E-state index in [0.717, 1.165) is 0 Å². The van der Waals surface area contributed by atoms with Gasteiger partial charge in [-0.2, -0.15) is 0 Å². The van der Waals surface area contributed by atoms with Crippen LogP contribution in [0.4, 0.5) is 5.69 Å². The van der Waals surface area contributed by atoms with E-state index in [4.69, 9.17) is 4.74 Å². The minimum absolute atomic E-state index is 0.175. The number of nitro groups is 1. The number of rotatable bonds is 6. The van der Waals surface area contributed by atoms with Crippen LogP contribution >= 0.6 is 0 Å². The zero-order valence-corrected chi connectivity index (χ0v) is 10.9. The number of aryl methyl sites for hydroxylation is 1. The van der Waals surface area contributed by atoms with E-state index < -0.39 is 23.4 Å². The van der Waals surface area contributed by atoms with Gasteiger partial charge < -0.3 is 10.1 Å². The van der Waals surface area contributed by atoms with Gasteiger partial charge in [0.15, 0.2) is 6.61 Å². The van der Waals surface area contributed by atoms with E-state index in [1.54, 1.807) is 0 Å². The second-order valence-corrected chi connectivity index (χ2v) is 3.90. The number of nitro benzene ring substituents is 1. The molecule has 106 valence electrons. The van der Waals surface area contributed by atoms with Gasteiger partial charge in [0.05, 0.1) is 4.92 Å². The molecule has 0 aliphatic rings. The zero-order chi connectivity index (χ0) is 15.1. The van der Waals surface area contributed by atoms with Crippen LogP contribution < -0.4 is 5.32 Å². The molecule has 1 rings (SSSR count). The molecule has 1 N–H and O–H groups in total. The van der Waals surface area contributed by atoms with E-state index in [1.165, 1.54) is 31.2 Å². The quantitative estimate of drug-likeness (QED) is 0.366. The first kappa shape index (κ1) is 15.4. The van der Waals surface area contributed by atoms with Crippen LogP contribution in [0.5, 0.6) is 0 Å². The van der Waals surface area contributed by atoms with E-state index in [9.17, 15) is 19.7 Å². The Morgan fingerprint density at radius 3 is 2.80 bits per heavy atom. The minimum atomic E-state index is -0.908. The Morgan fingerprint density at radius 2 is 2.20 bits per heavy atom. The van der Waals surface area contributed by atoms with Crippen molar-refractivity contribution in [1.29, 1.82) is 0 Å². The molecule has 0 aliphatic heterocycles. The van der Waals surface area contributed by atoms with Gasteiger partial charge in [-0.1, -0.05) is 18.2 Å². The van der Waals surface area contributed by atoms with Crippen molar-refractivity contribution in [2.24, 2.45) is 0 Å². The van der Waals surface area contributed by atoms with Gasteiger partial charge in [0, 0.05) is 12.1 Å². The van der Waals surface area contributed by atoms with Crippen LogP contribution in [0.1, 0.15) is 15.9 Å². The number of carbonyl (C=O) groups is 2. The third-order valence-electron chi connectivity index (χ3n) is 2.42. The molecular formula is C13H14N2O5. The van der Waals surface area contributed by atoms with E-state index in [2.05, 4.69) is 11.9 Å². The first-order valence-corrected chi connectivity index (χ1v) is 5.76. The second kappa shape index (κ2) is 7.03. The Labute approximate surface area is 115 Å². The lowest BCUT2D eigenvalue weighted by Crippen LogP contribution is -2.28. The van der Waals surface area contributed by atoms with Gasteiger partial charge in [-0.25, -0.2) is 4.79 Å². The molecule has 0 atom stereocenters. The van der Waals surface area contributed by atoms with Crippen molar-refractivity contribution < 1.29 is 19.2 Å². The Balaban J connectivity index is 2.78. The van der Waals surface area contributed by atoms with E-state index in [0.29, 0.717) is 5.56 Å². The van der Waals surface area contributed by atoms with E-state index in [-0.39, 0.29) is 17.8 Å². The van der Waals surface area contributed by atoms with Crippen molar-refractivity contribution in [2.75, 3.05) is 13.2 Å². The molecule has 7 heteroatoms. The number of amides is 1. The van der Waals surface area contributed by atoms with Crippen LogP contribution in [-0.4, -0.2) is 30.0 Å². The molecule has 1 amide bonds. The highest BCUT2D eigenvalue weighted by Crippen LogP contribution is 2.23. The maximum atomic E-state index is 11.8. The van der Waals surface area contributed by atoms with Crippen molar-refractivity contribution in [1.82, 2.24) is 5.32 Å². The first-order valence-electron chi connectivity index (χ1n) is 5.76. The predicted octanol–water partition coefficient (Wildman–Crippen LogP) is 1.36. The molecule has 0 bridgehead atoms. The Hall–Kier alpha value is -2.70. The monoisotopic (exact) mass is 278 g/mol. The van der Waals surface area contributed by atoms with E-state index in [1.807, 2.05) is 0 Å². The van der Waals surface area contributed by atoms with Crippen LogP contribution in [0.2, 0.25) is 0 Å². The van der Waals surface area contributed by atoms with Crippen molar-refractivity contribution in [3.8, 4) is 0 Å². The summed E-state index contributed by atoms with van der Waals surface area (Å²) in [5, 5.41) is 13.4. The summed E-state index contributed by atoms with van der Waals surface area (Å²) < 4.78 is 4.74. The Morgan fingerprint density at radius 1 is 1.50 bits per heavy atom. The topological polar surface area (TPSA) is 98.5 Å². The fourth-order valence-electron chi connectivity index (χ4n) is 1.51. The van der Waals surface area contributed by atoms with Gasteiger partial charge in [0.2, 0.25) is 0 Å². The fourth-order valence-corrected chi connectivity index (χ4v) is 1.51. The number of nitrogens with one attached hydrogen (secondary N) is 1. The lowest BCUT2D eigenvalue weighted by Gasteiger charge is -2.06. The number of nitrogens with zero attached hydrogens (tertiary/aromatic N) is 1. The Bertz CT molecular complexity index is 554. The van der Waals surface area contributed by atoms with Crippen LogP contribution in [-0.2, 0) is 9.53 Å². The van der Waals surface area contributed by atoms with Crippen molar-refractivity contribution in [2.45, 2.75) is 6.92 Å². The molecular weight excluding hydrogens is 264 g/mol. The summed E-state index contributed by atoms with van der Waals surface area (Å²) in [7, 11) is 0. The molecule has 7 nitrogen and oxygen atoms in total. The molecule has 1 aromatic carbocycles. The molecule has 0 spiro atoms. The Kier molecular flexibility index (Phi) is 5.40. The summed E-state index contributed by atoms with van der Waals surface area (Å²) in [5.74, 6) is -1.41. The molecule has 0 unspecified atom stereocenters. The maximum Gasteiger partial charge on any atom is 0.345 e. The molecule has 0 saturated heterocycles. The number of para-hydroxylation sites is 1. The molecule has 0 aliphatic carbocycles. The molecule has 1 aromatic rings. The number of hydrogen-bond acceptors (Lipinski definition) is 5. The smallest absolute Gasteiger partial charge is 0.345 e. The second-order valence-electron chi connectivity index (χ2n) is 3.90. The predicted molar refractivity (Wildman–Crippen MR) is 71.3 cm³/mol. The summed E-state index contributed by atoms with van der Waals surface area (Å²) in [5.41, 5.74) is -0.143. The average molecular weight is 278 g/mol. The lowest BCUT2D eigenvalue weighted by molar-refractivity contribution is -0.385. The highest BCUT2D eigenvalue weighted by molar-refractivity contribution is 5.95. The van der Waals surface area contributed by atoms with Crippen molar-refractivity contribution in [3.05, 3.63) is 52.1 Å². The molecule has 0 aromatic heterocycles.